The van der Waals surface area contributed by atoms with Crippen molar-refractivity contribution >= 4 is 52.3 Å². The average Bonchev–Trinajstić information content (AvgIpc) is 2.11. The maximum Gasteiger partial charge on any atom is 0.250 e. The van der Waals surface area contributed by atoms with E-state index in [1.54, 1.807) is 6.92 Å². The van der Waals surface area contributed by atoms with Gasteiger partial charge in [-0.15, -0.1) is 0 Å². The monoisotopic (exact) mass is 271 g/mol. The number of hydrogen-bond acceptors (Lipinski definition) is 1. The summed E-state index contributed by atoms with van der Waals surface area (Å²) in [6.45, 7) is 1.59. The summed E-state index contributed by atoms with van der Waals surface area (Å²) in [5.41, 5.74) is 5.65. The summed E-state index contributed by atoms with van der Waals surface area (Å²) in [7, 11) is 0. The van der Waals surface area contributed by atoms with Crippen molar-refractivity contribution in [1.82, 2.24) is 0 Å². The highest BCUT2D eigenvalue weighted by Crippen LogP contribution is 2.40. The van der Waals surface area contributed by atoms with Crippen LogP contribution in [-0.4, -0.2) is 5.91 Å². The van der Waals surface area contributed by atoms with Gasteiger partial charge in [-0.25, -0.2) is 0 Å². The normalized spacial score (nSPS) is 10.4. The van der Waals surface area contributed by atoms with Crippen LogP contribution < -0.4 is 5.73 Å². The lowest BCUT2D eigenvalue weighted by Gasteiger charge is -2.10. The van der Waals surface area contributed by atoms with Crippen LogP contribution in [0.4, 0.5) is 0 Å². The number of carbonyl (C=O) groups excluding carboxylic acids is 1. The van der Waals surface area contributed by atoms with Crippen LogP contribution in [0.2, 0.25) is 20.1 Å². The van der Waals surface area contributed by atoms with Gasteiger partial charge in [-0.1, -0.05) is 46.4 Å². The highest BCUT2D eigenvalue weighted by Gasteiger charge is 2.20. The van der Waals surface area contributed by atoms with Crippen molar-refractivity contribution in [3.05, 3.63) is 31.2 Å². The molecule has 2 nitrogen and oxygen atoms in total. The van der Waals surface area contributed by atoms with E-state index in [1.165, 1.54) is 0 Å². The van der Waals surface area contributed by atoms with Crippen LogP contribution in [0, 0.1) is 6.92 Å². The van der Waals surface area contributed by atoms with E-state index in [9.17, 15) is 4.79 Å². The third-order valence-corrected chi connectivity index (χ3v) is 3.64. The zero-order valence-corrected chi connectivity index (χ0v) is 10.0. The Morgan fingerprint density at radius 3 is 1.86 bits per heavy atom. The van der Waals surface area contributed by atoms with Crippen LogP contribution in [0.15, 0.2) is 0 Å². The highest BCUT2D eigenvalue weighted by molar-refractivity contribution is 6.53. The summed E-state index contributed by atoms with van der Waals surface area (Å²) in [4.78, 5) is 11.0. The molecule has 0 aliphatic heterocycles. The Hall–Kier alpha value is -0.150. The van der Waals surface area contributed by atoms with Crippen molar-refractivity contribution in [2.45, 2.75) is 6.92 Å². The molecule has 0 unspecified atom stereocenters. The fourth-order valence-electron chi connectivity index (χ4n) is 1.03. The van der Waals surface area contributed by atoms with Crippen LogP contribution in [0.25, 0.3) is 0 Å². The molecule has 0 saturated carbocycles. The van der Waals surface area contributed by atoms with Gasteiger partial charge in [-0.2, -0.15) is 0 Å². The Morgan fingerprint density at radius 1 is 1.00 bits per heavy atom. The predicted octanol–water partition coefficient (Wildman–Crippen LogP) is 3.71. The molecule has 1 aromatic carbocycles. The molecule has 0 aliphatic carbocycles. The van der Waals surface area contributed by atoms with E-state index < -0.39 is 5.91 Å². The molecule has 0 bridgehead atoms. The van der Waals surface area contributed by atoms with E-state index in [0.29, 0.717) is 5.56 Å². The Labute approximate surface area is 101 Å². The first kappa shape index (κ1) is 11.9. The number of rotatable bonds is 1. The first-order valence-electron chi connectivity index (χ1n) is 3.50. The Kier molecular flexibility index (Phi) is 3.53. The summed E-state index contributed by atoms with van der Waals surface area (Å²) in [5, 5.41) is 0.388. The standard InChI is InChI=1S/C8H5Cl4NO/c1-2-3(8(13)14)5(10)7(12)6(11)4(2)9/h1H3,(H2,13,14). The molecule has 0 saturated heterocycles. The number of amides is 1. The SMILES string of the molecule is Cc1c(Cl)c(Cl)c(Cl)c(Cl)c1C(N)=O. The van der Waals surface area contributed by atoms with E-state index in [2.05, 4.69) is 0 Å². The molecular weight excluding hydrogens is 268 g/mol. The molecule has 0 aromatic heterocycles. The molecule has 0 radical (unpaired) electrons. The molecule has 76 valence electrons. The lowest BCUT2D eigenvalue weighted by molar-refractivity contribution is 0.1000. The molecule has 0 atom stereocenters. The molecule has 1 amide bonds. The van der Waals surface area contributed by atoms with Crippen molar-refractivity contribution in [3.63, 3.8) is 0 Å². The van der Waals surface area contributed by atoms with Gasteiger partial charge < -0.3 is 5.73 Å². The van der Waals surface area contributed by atoms with Crippen LogP contribution in [0.1, 0.15) is 15.9 Å². The quantitative estimate of drug-likeness (QED) is 0.615. The maximum atomic E-state index is 11.0. The van der Waals surface area contributed by atoms with Crippen molar-refractivity contribution in [1.29, 1.82) is 0 Å². The van der Waals surface area contributed by atoms with Crippen molar-refractivity contribution < 1.29 is 4.79 Å². The largest absolute Gasteiger partial charge is 0.366 e. The molecule has 1 aromatic rings. The summed E-state index contributed by atoms with van der Waals surface area (Å²) >= 11 is 23.1. The number of nitrogens with two attached hydrogens (primary N) is 1. The van der Waals surface area contributed by atoms with Crippen molar-refractivity contribution in [2.75, 3.05) is 0 Å². The van der Waals surface area contributed by atoms with Gasteiger partial charge in [0.2, 0.25) is 0 Å². The molecule has 0 heterocycles. The van der Waals surface area contributed by atoms with E-state index in [4.69, 9.17) is 52.1 Å². The lowest BCUT2D eigenvalue weighted by Crippen LogP contribution is -2.14. The van der Waals surface area contributed by atoms with Gasteiger partial charge in [0.15, 0.2) is 0 Å². The second kappa shape index (κ2) is 4.15. The molecule has 2 N–H and O–H groups in total. The molecule has 0 aliphatic rings. The minimum atomic E-state index is -0.687. The minimum absolute atomic E-state index is 0.0334. The predicted molar refractivity (Wildman–Crippen MR) is 59.7 cm³/mol. The molecular formula is C8H5Cl4NO. The van der Waals surface area contributed by atoms with Crippen molar-refractivity contribution in [3.8, 4) is 0 Å². The zero-order valence-electron chi connectivity index (χ0n) is 7.00. The van der Waals surface area contributed by atoms with Gasteiger partial charge in [-0.3, -0.25) is 4.79 Å². The number of halogens is 4. The number of carbonyl (C=O) groups is 1. The van der Waals surface area contributed by atoms with Gasteiger partial charge in [0.05, 0.1) is 25.7 Å². The summed E-state index contributed by atoms with van der Waals surface area (Å²) in [6, 6.07) is 0. The number of benzene rings is 1. The summed E-state index contributed by atoms with van der Waals surface area (Å²) in [6.07, 6.45) is 0. The van der Waals surface area contributed by atoms with Crippen molar-refractivity contribution in [2.24, 2.45) is 5.73 Å². The smallest absolute Gasteiger partial charge is 0.250 e. The second-order valence-electron chi connectivity index (χ2n) is 2.62. The van der Waals surface area contributed by atoms with Gasteiger partial charge in [0.1, 0.15) is 0 Å². The van der Waals surface area contributed by atoms with Gasteiger partial charge >= 0.3 is 0 Å². The molecule has 14 heavy (non-hydrogen) atoms. The number of primary amides is 1. The first-order valence-corrected chi connectivity index (χ1v) is 5.01. The van der Waals surface area contributed by atoms with Crippen LogP contribution in [0.5, 0.6) is 0 Å². The third kappa shape index (κ3) is 1.80. The van der Waals surface area contributed by atoms with E-state index in [-0.39, 0.29) is 25.7 Å². The van der Waals surface area contributed by atoms with E-state index >= 15 is 0 Å². The first-order chi connectivity index (χ1) is 6.37. The fourth-order valence-corrected chi connectivity index (χ4v) is 2.07. The van der Waals surface area contributed by atoms with Gasteiger partial charge in [-0.05, 0) is 12.5 Å². The van der Waals surface area contributed by atoms with Gasteiger partial charge in [0, 0.05) is 0 Å². The summed E-state index contributed by atoms with van der Waals surface area (Å²) in [5.74, 6) is -0.687. The Bertz CT molecular complexity index is 387. The fraction of sp³-hybridized carbons (Fsp3) is 0.125. The molecule has 0 fully saturated rings. The van der Waals surface area contributed by atoms with E-state index in [1.807, 2.05) is 0 Å². The Morgan fingerprint density at radius 2 is 1.43 bits per heavy atom. The highest BCUT2D eigenvalue weighted by atomic mass is 35.5. The van der Waals surface area contributed by atoms with E-state index in [0.717, 1.165) is 0 Å². The minimum Gasteiger partial charge on any atom is -0.366 e. The maximum absolute atomic E-state index is 11.0. The second-order valence-corrected chi connectivity index (χ2v) is 4.13. The lowest BCUT2D eigenvalue weighted by atomic mass is 10.1. The molecule has 1 rings (SSSR count). The number of hydrogen-bond donors (Lipinski definition) is 1. The van der Waals surface area contributed by atoms with Crippen LogP contribution in [-0.2, 0) is 0 Å². The third-order valence-electron chi connectivity index (χ3n) is 1.75. The molecule has 0 spiro atoms. The average molecular weight is 273 g/mol. The molecule has 6 heteroatoms. The topological polar surface area (TPSA) is 43.1 Å². The van der Waals surface area contributed by atoms with Gasteiger partial charge in [0.25, 0.3) is 5.91 Å². The zero-order chi connectivity index (χ0) is 11.0. The van der Waals surface area contributed by atoms with Crippen LogP contribution in [0.3, 0.4) is 0 Å². The van der Waals surface area contributed by atoms with Crippen LogP contribution >= 0.6 is 46.4 Å². The Balaban J connectivity index is 3.68. The summed E-state index contributed by atoms with van der Waals surface area (Å²) < 4.78 is 0.